The third-order valence-corrected chi connectivity index (χ3v) is 3.93. The maximum atomic E-state index is 13.0. The van der Waals surface area contributed by atoms with E-state index in [1.54, 1.807) is 17.4 Å². The van der Waals surface area contributed by atoms with E-state index in [4.69, 9.17) is 4.42 Å². The Balaban J connectivity index is 2.37. The van der Waals surface area contributed by atoms with Crippen LogP contribution in [0.4, 0.5) is 5.82 Å². The summed E-state index contributed by atoms with van der Waals surface area (Å²) in [5, 5.41) is 12.5. The SMILES string of the molecule is CC(C)N(CCO)C(=O)c1cnc(C(C)(C)C)nc1NCc1ccco1. The molecule has 2 heterocycles. The Morgan fingerprint density at radius 1 is 1.38 bits per heavy atom. The summed E-state index contributed by atoms with van der Waals surface area (Å²) in [4.78, 5) is 23.6. The molecule has 0 saturated heterocycles. The molecule has 0 aliphatic heterocycles. The van der Waals surface area contributed by atoms with Crippen LogP contribution in [-0.4, -0.2) is 45.1 Å². The first-order valence-electron chi connectivity index (χ1n) is 8.79. The molecule has 7 heteroatoms. The molecule has 0 fully saturated rings. The summed E-state index contributed by atoms with van der Waals surface area (Å²) in [7, 11) is 0. The number of aliphatic hydroxyl groups is 1. The quantitative estimate of drug-likeness (QED) is 0.789. The van der Waals surface area contributed by atoms with Crippen molar-refractivity contribution in [3.63, 3.8) is 0 Å². The van der Waals surface area contributed by atoms with Crippen LogP contribution in [0, 0.1) is 0 Å². The summed E-state index contributed by atoms with van der Waals surface area (Å²) in [6.07, 6.45) is 3.17. The lowest BCUT2D eigenvalue weighted by Crippen LogP contribution is -2.39. The van der Waals surface area contributed by atoms with Crippen LogP contribution in [0.5, 0.6) is 0 Å². The van der Waals surface area contributed by atoms with Crippen LogP contribution in [0.25, 0.3) is 0 Å². The Bertz CT molecular complexity index is 721. The van der Waals surface area contributed by atoms with E-state index in [1.165, 1.54) is 0 Å². The van der Waals surface area contributed by atoms with E-state index >= 15 is 0 Å². The molecule has 0 saturated carbocycles. The number of anilines is 1. The number of amides is 1. The molecule has 2 N–H and O–H groups in total. The molecular formula is C19H28N4O3. The van der Waals surface area contributed by atoms with E-state index in [2.05, 4.69) is 15.3 Å². The Morgan fingerprint density at radius 2 is 2.12 bits per heavy atom. The summed E-state index contributed by atoms with van der Waals surface area (Å²) < 4.78 is 5.34. The zero-order valence-electron chi connectivity index (χ0n) is 16.1. The van der Waals surface area contributed by atoms with Crippen molar-refractivity contribution >= 4 is 11.7 Å². The summed E-state index contributed by atoms with van der Waals surface area (Å²) in [6.45, 7) is 10.5. The summed E-state index contributed by atoms with van der Waals surface area (Å²) in [6, 6.07) is 3.62. The van der Waals surface area contributed by atoms with Gasteiger partial charge in [0.1, 0.15) is 23.0 Å². The smallest absolute Gasteiger partial charge is 0.259 e. The molecular weight excluding hydrogens is 332 g/mol. The van der Waals surface area contributed by atoms with Gasteiger partial charge in [-0.1, -0.05) is 20.8 Å². The van der Waals surface area contributed by atoms with Crippen molar-refractivity contribution in [2.24, 2.45) is 0 Å². The molecule has 0 radical (unpaired) electrons. The molecule has 26 heavy (non-hydrogen) atoms. The first kappa shape index (κ1) is 19.9. The van der Waals surface area contributed by atoms with Crippen LogP contribution in [0.2, 0.25) is 0 Å². The molecule has 0 aliphatic carbocycles. The van der Waals surface area contributed by atoms with Gasteiger partial charge in [-0.15, -0.1) is 0 Å². The van der Waals surface area contributed by atoms with Gasteiger partial charge in [0.25, 0.3) is 5.91 Å². The molecule has 142 valence electrons. The van der Waals surface area contributed by atoms with Crippen molar-refractivity contribution in [2.75, 3.05) is 18.5 Å². The maximum Gasteiger partial charge on any atom is 0.259 e. The number of carbonyl (C=O) groups excluding carboxylic acids is 1. The molecule has 7 nitrogen and oxygen atoms in total. The average molecular weight is 360 g/mol. The van der Waals surface area contributed by atoms with Gasteiger partial charge in [0.15, 0.2) is 0 Å². The Morgan fingerprint density at radius 3 is 2.65 bits per heavy atom. The lowest BCUT2D eigenvalue weighted by Gasteiger charge is -2.27. The van der Waals surface area contributed by atoms with E-state index in [0.717, 1.165) is 5.76 Å². The van der Waals surface area contributed by atoms with Crippen molar-refractivity contribution in [3.8, 4) is 0 Å². The maximum absolute atomic E-state index is 13.0. The number of nitrogens with one attached hydrogen (secondary N) is 1. The van der Waals surface area contributed by atoms with E-state index in [-0.39, 0.29) is 30.5 Å². The van der Waals surface area contributed by atoms with Crippen LogP contribution in [0.3, 0.4) is 0 Å². The standard InChI is InChI=1S/C19H28N4O3/c1-13(2)23(8-9-24)17(25)15-12-21-18(19(3,4)5)22-16(15)20-11-14-7-6-10-26-14/h6-7,10,12-13,24H,8-9,11H2,1-5H3,(H,20,21,22). The monoisotopic (exact) mass is 360 g/mol. The van der Waals surface area contributed by atoms with Crippen molar-refractivity contribution in [2.45, 2.75) is 52.6 Å². The van der Waals surface area contributed by atoms with Crippen LogP contribution in [-0.2, 0) is 12.0 Å². The predicted molar refractivity (Wildman–Crippen MR) is 100 cm³/mol. The second-order valence-electron chi connectivity index (χ2n) is 7.45. The first-order valence-corrected chi connectivity index (χ1v) is 8.79. The number of furan rings is 1. The van der Waals surface area contributed by atoms with Crippen LogP contribution in [0.15, 0.2) is 29.0 Å². The Labute approximate surface area is 154 Å². The molecule has 0 aromatic carbocycles. The number of carbonyl (C=O) groups is 1. The largest absolute Gasteiger partial charge is 0.467 e. The molecule has 0 atom stereocenters. The molecule has 0 spiro atoms. The van der Waals surface area contributed by atoms with Gasteiger partial charge >= 0.3 is 0 Å². The minimum Gasteiger partial charge on any atom is -0.467 e. The third-order valence-electron chi connectivity index (χ3n) is 3.93. The predicted octanol–water partition coefficient (Wildman–Crippen LogP) is 2.82. The molecule has 2 rings (SSSR count). The van der Waals surface area contributed by atoms with E-state index in [0.29, 0.717) is 23.8 Å². The van der Waals surface area contributed by atoms with E-state index in [9.17, 15) is 9.90 Å². The average Bonchev–Trinajstić information content (AvgIpc) is 3.09. The highest BCUT2D eigenvalue weighted by atomic mass is 16.3. The molecule has 1 amide bonds. The van der Waals surface area contributed by atoms with Gasteiger partial charge in [0.05, 0.1) is 19.4 Å². The zero-order valence-corrected chi connectivity index (χ0v) is 16.1. The summed E-state index contributed by atoms with van der Waals surface area (Å²) in [5.41, 5.74) is 0.137. The second-order valence-corrected chi connectivity index (χ2v) is 7.45. The van der Waals surface area contributed by atoms with Gasteiger partial charge in [0, 0.05) is 24.2 Å². The third kappa shape index (κ3) is 4.82. The Hall–Kier alpha value is -2.41. The topological polar surface area (TPSA) is 91.5 Å². The van der Waals surface area contributed by atoms with Gasteiger partial charge in [-0.3, -0.25) is 4.79 Å². The molecule has 0 unspecified atom stereocenters. The fourth-order valence-electron chi connectivity index (χ4n) is 2.48. The normalized spacial score (nSPS) is 11.7. The van der Waals surface area contributed by atoms with Gasteiger partial charge in [-0.25, -0.2) is 9.97 Å². The first-order chi connectivity index (χ1) is 12.2. The van der Waals surface area contributed by atoms with Gasteiger partial charge in [-0.2, -0.15) is 0 Å². The minimum absolute atomic E-state index is 0.0464. The fourth-order valence-corrected chi connectivity index (χ4v) is 2.48. The van der Waals surface area contributed by atoms with Crippen molar-refractivity contribution < 1.29 is 14.3 Å². The molecule has 0 bridgehead atoms. The number of nitrogens with zero attached hydrogens (tertiary/aromatic N) is 3. The minimum atomic E-state index is -0.245. The fraction of sp³-hybridized carbons (Fsp3) is 0.526. The van der Waals surface area contributed by atoms with Gasteiger partial charge in [-0.05, 0) is 26.0 Å². The number of aromatic nitrogens is 2. The highest BCUT2D eigenvalue weighted by Gasteiger charge is 2.25. The van der Waals surface area contributed by atoms with Gasteiger partial charge < -0.3 is 19.7 Å². The second kappa shape index (κ2) is 8.31. The Kier molecular flexibility index (Phi) is 6.37. The summed E-state index contributed by atoms with van der Waals surface area (Å²) in [5.74, 6) is 1.65. The zero-order chi connectivity index (χ0) is 19.3. The van der Waals surface area contributed by atoms with Crippen molar-refractivity contribution in [3.05, 3.63) is 41.7 Å². The number of hydrogen-bond donors (Lipinski definition) is 2. The van der Waals surface area contributed by atoms with Crippen molar-refractivity contribution in [1.82, 2.24) is 14.9 Å². The van der Waals surface area contributed by atoms with Crippen LogP contribution < -0.4 is 5.32 Å². The lowest BCUT2D eigenvalue weighted by atomic mass is 9.95. The molecule has 0 aliphatic rings. The molecule has 2 aromatic heterocycles. The van der Waals surface area contributed by atoms with Crippen LogP contribution in [0.1, 0.15) is 56.6 Å². The molecule has 2 aromatic rings. The van der Waals surface area contributed by atoms with Gasteiger partial charge in [0.2, 0.25) is 0 Å². The summed E-state index contributed by atoms with van der Waals surface area (Å²) >= 11 is 0. The lowest BCUT2D eigenvalue weighted by molar-refractivity contribution is 0.0665. The number of aliphatic hydroxyl groups excluding tert-OH is 1. The van der Waals surface area contributed by atoms with E-state index in [1.807, 2.05) is 46.8 Å². The van der Waals surface area contributed by atoms with Crippen molar-refractivity contribution in [1.29, 1.82) is 0 Å². The highest BCUT2D eigenvalue weighted by Crippen LogP contribution is 2.23. The number of rotatable bonds is 7. The number of hydrogen-bond acceptors (Lipinski definition) is 6. The highest BCUT2D eigenvalue weighted by molar-refractivity contribution is 5.98. The van der Waals surface area contributed by atoms with E-state index < -0.39 is 0 Å². The van der Waals surface area contributed by atoms with Crippen LogP contribution >= 0.6 is 0 Å².